The van der Waals surface area contributed by atoms with Gasteiger partial charge in [0.2, 0.25) is 5.91 Å². The number of carbonyl (C=O) groups excluding carboxylic acids is 2. The fourth-order valence-corrected chi connectivity index (χ4v) is 2.80. The number of aliphatic imine (C=N–C) groups is 2. The lowest BCUT2D eigenvalue weighted by Crippen LogP contribution is -2.43. The summed E-state index contributed by atoms with van der Waals surface area (Å²) in [6.45, 7) is 7.12. The van der Waals surface area contributed by atoms with Crippen molar-refractivity contribution in [2.24, 2.45) is 9.98 Å². The predicted molar refractivity (Wildman–Crippen MR) is 111 cm³/mol. The van der Waals surface area contributed by atoms with Crippen LogP contribution in [0.3, 0.4) is 0 Å². The van der Waals surface area contributed by atoms with Crippen LogP contribution in [0.25, 0.3) is 0 Å². The molecule has 2 amide bonds. The average Bonchev–Trinajstić information content (AvgIpc) is 3.12. The Bertz CT molecular complexity index is 634. The van der Waals surface area contributed by atoms with Gasteiger partial charge in [-0.2, -0.15) is 0 Å². The van der Waals surface area contributed by atoms with E-state index in [0.29, 0.717) is 17.8 Å². The van der Waals surface area contributed by atoms with Gasteiger partial charge in [-0.05, 0) is 45.9 Å². The summed E-state index contributed by atoms with van der Waals surface area (Å²) in [7, 11) is 3.59. The highest BCUT2D eigenvalue weighted by Gasteiger charge is 2.27. The normalized spacial score (nSPS) is 18.1. The molecule has 7 heteroatoms. The van der Waals surface area contributed by atoms with Gasteiger partial charge in [-0.15, -0.1) is 0 Å². The number of hydrogen-bond acceptors (Lipinski definition) is 5. The van der Waals surface area contributed by atoms with Gasteiger partial charge in [0.1, 0.15) is 0 Å². The van der Waals surface area contributed by atoms with E-state index in [1.807, 2.05) is 19.2 Å². The van der Waals surface area contributed by atoms with Gasteiger partial charge in [-0.3, -0.25) is 19.6 Å². The van der Waals surface area contributed by atoms with Crippen molar-refractivity contribution >= 4 is 24.2 Å². The Labute approximate surface area is 162 Å². The lowest BCUT2D eigenvalue weighted by Gasteiger charge is -2.22. The van der Waals surface area contributed by atoms with Gasteiger partial charge < -0.3 is 15.5 Å². The van der Waals surface area contributed by atoms with Crippen molar-refractivity contribution in [1.29, 1.82) is 0 Å². The van der Waals surface area contributed by atoms with Crippen molar-refractivity contribution in [2.45, 2.75) is 32.2 Å². The third-order valence-corrected chi connectivity index (χ3v) is 4.20. The van der Waals surface area contributed by atoms with Crippen molar-refractivity contribution in [3.63, 3.8) is 0 Å². The van der Waals surface area contributed by atoms with Crippen LogP contribution in [0.5, 0.6) is 0 Å². The summed E-state index contributed by atoms with van der Waals surface area (Å²) in [6.07, 6.45) is 11.6. The molecule has 1 heterocycles. The number of carbonyl (C=O) groups is 2. The molecular formula is C20H31N5O2. The van der Waals surface area contributed by atoms with E-state index < -0.39 is 0 Å². The van der Waals surface area contributed by atoms with Gasteiger partial charge >= 0.3 is 0 Å². The highest BCUT2D eigenvalue weighted by atomic mass is 16.2. The molecule has 7 nitrogen and oxygen atoms in total. The first-order chi connectivity index (χ1) is 13.0. The smallest absolute Gasteiger partial charge is 0.253 e. The molecule has 0 aliphatic carbocycles. The molecule has 1 rings (SSSR count). The first kappa shape index (κ1) is 22.5. The second-order valence-electron chi connectivity index (χ2n) is 6.13. The van der Waals surface area contributed by atoms with Crippen molar-refractivity contribution in [3.8, 4) is 0 Å². The SMILES string of the molecule is C=C(N=C/C=C/CCNC)/C(=C\C)C(=O)NCC(=O)N1CCCC1C=NC. The monoisotopic (exact) mass is 373 g/mol. The van der Waals surface area contributed by atoms with Crippen LogP contribution in [0.15, 0.2) is 46.1 Å². The summed E-state index contributed by atoms with van der Waals surface area (Å²) in [5.41, 5.74) is 0.716. The van der Waals surface area contributed by atoms with Crippen LogP contribution in [0.1, 0.15) is 26.2 Å². The Morgan fingerprint density at radius 1 is 1.37 bits per heavy atom. The van der Waals surface area contributed by atoms with E-state index in [0.717, 1.165) is 25.8 Å². The molecule has 0 bridgehead atoms. The summed E-state index contributed by atoms with van der Waals surface area (Å²) >= 11 is 0. The van der Waals surface area contributed by atoms with Crippen molar-refractivity contribution in [2.75, 3.05) is 33.7 Å². The fourth-order valence-electron chi connectivity index (χ4n) is 2.80. The summed E-state index contributed by atoms with van der Waals surface area (Å²) < 4.78 is 0. The van der Waals surface area contributed by atoms with Crippen molar-refractivity contribution in [1.82, 2.24) is 15.5 Å². The van der Waals surface area contributed by atoms with Crippen LogP contribution < -0.4 is 10.6 Å². The molecule has 2 N–H and O–H groups in total. The first-order valence-electron chi connectivity index (χ1n) is 9.24. The summed E-state index contributed by atoms with van der Waals surface area (Å²) in [6, 6.07) is 0.0230. The number of likely N-dealkylation sites (tertiary alicyclic amines) is 1. The third-order valence-electron chi connectivity index (χ3n) is 4.20. The van der Waals surface area contributed by atoms with E-state index in [9.17, 15) is 9.59 Å². The highest BCUT2D eigenvalue weighted by molar-refractivity contribution is 5.99. The Morgan fingerprint density at radius 3 is 2.81 bits per heavy atom. The van der Waals surface area contributed by atoms with Gasteiger partial charge in [-0.1, -0.05) is 18.7 Å². The molecule has 1 unspecified atom stereocenters. The lowest BCUT2D eigenvalue weighted by atomic mass is 10.2. The molecule has 1 aliphatic rings. The van der Waals surface area contributed by atoms with Crippen LogP contribution in [0.4, 0.5) is 0 Å². The summed E-state index contributed by atoms with van der Waals surface area (Å²) in [4.78, 5) is 34.7. The fraction of sp³-hybridized carbons (Fsp3) is 0.500. The molecule has 1 aliphatic heterocycles. The van der Waals surface area contributed by atoms with E-state index in [1.165, 1.54) is 0 Å². The first-order valence-corrected chi connectivity index (χ1v) is 9.24. The maximum atomic E-state index is 12.4. The molecule has 27 heavy (non-hydrogen) atoms. The average molecular weight is 374 g/mol. The van der Waals surface area contributed by atoms with Gasteiger partial charge in [0.25, 0.3) is 5.91 Å². The lowest BCUT2D eigenvalue weighted by molar-refractivity contribution is -0.131. The highest BCUT2D eigenvalue weighted by Crippen LogP contribution is 2.15. The maximum absolute atomic E-state index is 12.4. The molecule has 148 valence electrons. The third kappa shape index (κ3) is 7.70. The zero-order valence-corrected chi connectivity index (χ0v) is 16.6. The van der Waals surface area contributed by atoms with Crippen LogP contribution in [-0.4, -0.2) is 68.9 Å². The summed E-state index contributed by atoms with van der Waals surface area (Å²) in [5, 5.41) is 5.72. The molecule has 0 radical (unpaired) electrons. The second kappa shape index (κ2) is 12.8. The minimum absolute atomic E-state index is 0.0230. The molecule has 0 saturated carbocycles. The second-order valence-corrected chi connectivity index (χ2v) is 6.13. The van der Waals surface area contributed by atoms with Gasteiger partial charge in [-0.25, -0.2) is 0 Å². The zero-order valence-electron chi connectivity index (χ0n) is 16.6. The molecule has 0 aromatic rings. The van der Waals surface area contributed by atoms with E-state index in [2.05, 4.69) is 27.2 Å². The maximum Gasteiger partial charge on any atom is 0.253 e. The quantitative estimate of drug-likeness (QED) is 0.263. The van der Waals surface area contributed by atoms with Crippen LogP contribution in [0.2, 0.25) is 0 Å². The zero-order chi connectivity index (χ0) is 20.1. The van der Waals surface area contributed by atoms with E-state index in [1.54, 1.807) is 37.4 Å². The van der Waals surface area contributed by atoms with E-state index in [-0.39, 0.29) is 24.4 Å². The van der Waals surface area contributed by atoms with Crippen molar-refractivity contribution < 1.29 is 9.59 Å². The van der Waals surface area contributed by atoms with E-state index in [4.69, 9.17) is 0 Å². The molecule has 1 fully saturated rings. The minimum Gasteiger partial charge on any atom is -0.343 e. The van der Waals surface area contributed by atoms with E-state index >= 15 is 0 Å². The van der Waals surface area contributed by atoms with Crippen LogP contribution in [0, 0.1) is 0 Å². The number of allylic oxidation sites excluding steroid dienone is 2. The van der Waals surface area contributed by atoms with Gasteiger partial charge in [0, 0.05) is 26.0 Å². The predicted octanol–water partition coefficient (Wildman–Crippen LogP) is 1.49. The molecular weight excluding hydrogens is 342 g/mol. The molecule has 1 atom stereocenters. The largest absolute Gasteiger partial charge is 0.343 e. The molecule has 0 aromatic heterocycles. The topological polar surface area (TPSA) is 86.2 Å². The summed E-state index contributed by atoms with van der Waals surface area (Å²) in [5.74, 6) is -0.463. The van der Waals surface area contributed by atoms with Crippen LogP contribution in [-0.2, 0) is 9.59 Å². The number of hydrogen-bond donors (Lipinski definition) is 2. The van der Waals surface area contributed by atoms with Gasteiger partial charge in [0.15, 0.2) is 0 Å². The molecule has 1 saturated heterocycles. The Hall–Kier alpha value is -2.54. The Morgan fingerprint density at radius 2 is 2.15 bits per heavy atom. The number of amides is 2. The van der Waals surface area contributed by atoms with Crippen LogP contribution >= 0.6 is 0 Å². The molecule has 0 spiro atoms. The molecule has 0 aromatic carbocycles. The number of nitrogens with one attached hydrogen (secondary N) is 2. The standard InChI is InChI=1S/C20H31N5O2/c1-5-18(16(2)23-12-8-6-7-11-21-3)20(27)24-15-19(26)25-13-9-10-17(25)14-22-4/h5-6,8,12,14,17,21H,2,7,9-11,13,15H2,1,3-4H3,(H,24,27)/b8-6+,18-5+,22-14?,23-12?. The number of rotatable bonds is 10. The minimum atomic E-state index is -0.355. The van der Waals surface area contributed by atoms with Gasteiger partial charge in [0.05, 0.1) is 23.9 Å². The Balaban J connectivity index is 2.53. The van der Waals surface area contributed by atoms with Crippen molar-refractivity contribution in [3.05, 3.63) is 36.1 Å². The Kier molecular flexibility index (Phi) is 10.6. The number of nitrogens with zero attached hydrogens (tertiary/aromatic N) is 3.